The molecular formula is C23H23N3O2Si. The highest BCUT2D eigenvalue weighted by Crippen LogP contribution is 2.24. The normalized spacial score (nSPS) is 13.0. The lowest BCUT2D eigenvalue weighted by molar-refractivity contribution is -0.142. The van der Waals surface area contributed by atoms with Crippen LogP contribution in [0.2, 0.25) is 19.6 Å². The molecule has 0 fully saturated rings. The van der Waals surface area contributed by atoms with E-state index in [0.29, 0.717) is 11.0 Å². The van der Waals surface area contributed by atoms with E-state index in [0.717, 1.165) is 5.56 Å². The van der Waals surface area contributed by atoms with Gasteiger partial charge >= 0.3 is 0 Å². The summed E-state index contributed by atoms with van der Waals surface area (Å²) in [6, 6.07) is 16.9. The van der Waals surface area contributed by atoms with Crippen molar-refractivity contribution in [2.24, 2.45) is 0 Å². The number of ketones is 1. The summed E-state index contributed by atoms with van der Waals surface area (Å²) in [7, 11) is -1.78. The molecule has 146 valence electrons. The number of para-hydroxylation sites is 1. The van der Waals surface area contributed by atoms with Crippen LogP contribution in [0.25, 0.3) is 11.0 Å². The van der Waals surface area contributed by atoms with E-state index in [9.17, 15) is 4.79 Å². The molecular weight excluding hydrogens is 378 g/mol. The number of benzene rings is 2. The lowest BCUT2D eigenvalue weighted by atomic mass is 10.1. The van der Waals surface area contributed by atoms with E-state index < -0.39 is 19.6 Å². The second kappa shape index (κ2) is 8.44. The van der Waals surface area contributed by atoms with Crippen LogP contribution in [0.4, 0.5) is 0 Å². The van der Waals surface area contributed by atoms with Crippen LogP contribution in [0.3, 0.4) is 0 Å². The van der Waals surface area contributed by atoms with Crippen molar-refractivity contribution < 1.29 is 9.53 Å². The standard InChI is InChI=1S/C23H23N3O2Si/c1-5-28-23(22(27)16-18-29(2,3)4,17-15-19-11-7-6-8-12-19)26-21-14-10-9-13-20(21)24-25-26/h6-14H,5H2,1-4H3. The summed E-state index contributed by atoms with van der Waals surface area (Å²) in [5.41, 5.74) is 3.54. The zero-order chi connectivity index (χ0) is 20.9. The number of Topliss-reactive ketones (excluding diaryl/α,β-unsaturated/α-hetero) is 1. The number of hydrogen-bond acceptors (Lipinski definition) is 4. The van der Waals surface area contributed by atoms with E-state index in [1.165, 1.54) is 4.68 Å². The summed E-state index contributed by atoms with van der Waals surface area (Å²) in [6.07, 6.45) is 0. The number of nitrogens with zero attached hydrogens (tertiary/aromatic N) is 3. The Hall–Kier alpha value is -3.19. The number of ether oxygens (including phenoxy) is 1. The molecule has 0 bridgehead atoms. The Kier molecular flexibility index (Phi) is 5.98. The largest absolute Gasteiger partial charge is 0.337 e. The van der Waals surface area contributed by atoms with Gasteiger partial charge in [0.25, 0.3) is 11.5 Å². The predicted octanol–water partition coefficient (Wildman–Crippen LogP) is 3.62. The maximum atomic E-state index is 13.4. The molecule has 0 amide bonds. The maximum absolute atomic E-state index is 13.4. The van der Waals surface area contributed by atoms with Crippen LogP contribution in [0.1, 0.15) is 12.5 Å². The van der Waals surface area contributed by atoms with E-state index in [1.54, 1.807) is 0 Å². The molecule has 0 aliphatic carbocycles. The van der Waals surface area contributed by atoms with Gasteiger partial charge in [-0.05, 0) is 43.0 Å². The minimum absolute atomic E-state index is 0.262. The highest BCUT2D eigenvalue weighted by atomic mass is 28.3. The fourth-order valence-electron chi connectivity index (χ4n) is 2.69. The number of rotatable bonds is 4. The smallest absolute Gasteiger partial charge is 0.299 e. The zero-order valence-corrected chi connectivity index (χ0v) is 18.1. The lowest BCUT2D eigenvalue weighted by Crippen LogP contribution is -2.44. The number of aromatic nitrogens is 3. The van der Waals surface area contributed by atoms with Gasteiger partial charge in [-0.15, -0.1) is 10.6 Å². The zero-order valence-electron chi connectivity index (χ0n) is 17.1. The highest BCUT2D eigenvalue weighted by Gasteiger charge is 2.42. The summed E-state index contributed by atoms with van der Waals surface area (Å²) < 4.78 is 7.43. The van der Waals surface area contributed by atoms with Crippen LogP contribution in [-0.2, 0) is 15.3 Å². The molecule has 1 unspecified atom stereocenters. The topological polar surface area (TPSA) is 57.0 Å². The molecule has 6 heteroatoms. The van der Waals surface area contributed by atoms with Gasteiger partial charge in [-0.1, -0.05) is 61.1 Å². The van der Waals surface area contributed by atoms with Crippen LogP contribution in [0.15, 0.2) is 54.6 Å². The highest BCUT2D eigenvalue weighted by molar-refractivity contribution is 6.84. The molecule has 0 aliphatic heterocycles. The third-order valence-electron chi connectivity index (χ3n) is 4.01. The minimum atomic E-state index is -1.78. The van der Waals surface area contributed by atoms with Crippen LogP contribution >= 0.6 is 0 Å². The van der Waals surface area contributed by atoms with Gasteiger partial charge in [-0.3, -0.25) is 4.79 Å². The number of carbonyl (C=O) groups excluding carboxylic acids is 1. The molecule has 3 rings (SSSR count). The molecule has 0 spiro atoms. The van der Waals surface area contributed by atoms with Gasteiger partial charge in [0.1, 0.15) is 13.6 Å². The average molecular weight is 402 g/mol. The Morgan fingerprint density at radius 2 is 1.79 bits per heavy atom. The Morgan fingerprint density at radius 3 is 2.48 bits per heavy atom. The molecule has 0 radical (unpaired) electrons. The van der Waals surface area contributed by atoms with E-state index in [-0.39, 0.29) is 6.61 Å². The van der Waals surface area contributed by atoms with Gasteiger partial charge < -0.3 is 4.74 Å². The van der Waals surface area contributed by atoms with Crippen molar-refractivity contribution in [3.63, 3.8) is 0 Å². The van der Waals surface area contributed by atoms with Crippen molar-refractivity contribution >= 4 is 24.9 Å². The van der Waals surface area contributed by atoms with Crippen molar-refractivity contribution in [2.45, 2.75) is 32.3 Å². The minimum Gasteiger partial charge on any atom is -0.337 e. The quantitative estimate of drug-likeness (QED) is 0.495. The van der Waals surface area contributed by atoms with E-state index in [2.05, 4.69) is 53.3 Å². The van der Waals surface area contributed by atoms with Gasteiger partial charge in [0, 0.05) is 12.2 Å². The molecule has 5 nitrogen and oxygen atoms in total. The Balaban J connectivity index is 2.24. The van der Waals surface area contributed by atoms with Crippen LogP contribution in [0.5, 0.6) is 0 Å². The summed E-state index contributed by atoms with van der Waals surface area (Å²) in [5.74, 6) is 8.44. The molecule has 1 atom stereocenters. The molecule has 29 heavy (non-hydrogen) atoms. The van der Waals surface area contributed by atoms with Gasteiger partial charge in [0.05, 0.1) is 5.52 Å². The predicted molar refractivity (Wildman–Crippen MR) is 117 cm³/mol. The molecule has 0 aliphatic rings. The molecule has 0 saturated heterocycles. The fourth-order valence-corrected chi connectivity index (χ4v) is 3.17. The van der Waals surface area contributed by atoms with Crippen molar-refractivity contribution in [3.05, 3.63) is 60.2 Å². The Labute approximate surface area is 172 Å². The van der Waals surface area contributed by atoms with E-state index in [1.807, 2.05) is 61.5 Å². The lowest BCUT2D eigenvalue weighted by Gasteiger charge is -2.25. The first kappa shape index (κ1) is 20.5. The Morgan fingerprint density at radius 1 is 1.10 bits per heavy atom. The van der Waals surface area contributed by atoms with E-state index >= 15 is 0 Å². The van der Waals surface area contributed by atoms with Crippen molar-refractivity contribution in [3.8, 4) is 23.3 Å². The second-order valence-electron chi connectivity index (χ2n) is 7.51. The third kappa shape index (κ3) is 4.63. The third-order valence-corrected chi connectivity index (χ3v) is 4.89. The monoisotopic (exact) mass is 401 g/mol. The van der Waals surface area contributed by atoms with Gasteiger partial charge in [-0.2, -0.15) is 4.68 Å². The Bertz CT molecular complexity index is 1140. The van der Waals surface area contributed by atoms with Gasteiger partial charge in [0.15, 0.2) is 0 Å². The summed E-state index contributed by atoms with van der Waals surface area (Å²) in [4.78, 5) is 13.4. The van der Waals surface area contributed by atoms with Crippen molar-refractivity contribution in [1.29, 1.82) is 0 Å². The van der Waals surface area contributed by atoms with Gasteiger partial charge in [-0.25, -0.2) is 0 Å². The molecule has 1 heterocycles. The first-order valence-electron chi connectivity index (χ1n) is 9.46. The molecule has 2 aromatic carbocycles. The van der Waals surface area contributed by atoms with Crippen LogP contribution < -0.4 is 0 Å². The number of carbonyl (C=O) groups is 1. The maximum Gasteiger partial charge on any atom is 0.299 e. The van der Waals surface area contributed by atoms with Crippen molar-refractivity contribution in [1.82, 2.24) is 15.0 Å². The average Bonchev–Trinajstić information content (AvgIpc) is 3.14. The van der Waals surface area contributed by atoms with Crippen LogP contribution in [-0.4, -0.2) is 35.5 Å². The summed E-state index contributed by atoms with van der Waals surface area (Å²) in [6.45, 7) is 8.32. The summed E-state index contributed by atoms with van der Waals surface area (Å²) in [5, 5.41) is 8.41. The number of hydrogen-bond donors (Lipinski definition) is 0. The van der Waals surface area contributed by atoms with Gasteiger partial charge in [0.2, 0.25) is 0 Å². The van der Waals surface area contributed by atoms with Crippen molar-refractivity contribution in [2.75, 3.05) is 6.61 Å². The molecule has 3 aromatic rings. The summed E-state index contributed by atoms with van der Waals surface area (Å²) >= 11 is 0. The first-order valence-corrected chi connectivity index (χ1v) is 13.0. The fraction of sp³-hybridized carbons (Fsp3) is 0.261. The molecule has 0 saturated carbocycles. The SMILES string of the molecule is CCOC(C#Cc1ccccc1)(C(=O)C#C[Si](C)(C)C)n1nnc2ccccc21. The number of fused-ring (bicyclic) bond motifs is 1. The second-order valence-corrected chi connectivity index (χ2v) is 12.3. The molecule has 0 N–H and O–H groups in total. The molecule has 1 aromatic heterocycles. The van der Waals surface area contributed by atoms with E-state index in [4.69, 9.17) is 4.74 Å². The first-order chi connectivity index (χ1) is 13.9. The van der Waals surface area contributed by atoms with Crippen LogP contribution in [0, 0.1) is 23.3 Å².